The van der Waals surface area contributed by atoms with Crippen molar-refractivity contribution in [1.29, 1.82) is 0 Å². The van der Waals surface area contributed by atoms with Gasteiger partial charge in [-0.2, -0.15) is 0 Å². The predicted molar refractivity (Wildman–Crippen MR) is 139 cm³/mol. The van der Waals surface area contributed by atoms with Crippen LogP contribution < -0.4 is 15.4 Å². The molecule has 2 aromatic heterocycles. The average molecular weight is 496 g/mol. The molecule has 1 unspecified atom stereocenters. The van der Waals surface area contributed by atoms with Gasteiger partial charge in [-0.15, -0.1) is 0 Å². The Labute approximate surface area is 212 Å². The highest BCUT2D eigenvalue weighted by atomic mass is 16.5. The average Bonchev–Trinajstić information content (AvgIpc) is 3.13. The summed E-state index contributed by atoms with van der Waals surface area (Å²) in [4.78, 5) is 9.83. The molecular formula is C27H37N5O4. The lowest BCUT2D eigenvalue weighted by molar-refractivity contribution is -0.0230. The van der Waals surface area contributed by atoms with Crippen LogP contribution in [-0.4, -0.2) is 63.3 Å². The zero-order valence-corrected chi connectivity index (χ0v) is 21.9. The number of anilines is 1. The van der Waals surface area contributed by atoms with E-state index in [-0.39, 0.29) is 18.6 Å². The predicted octanol–water partition coefficient (Wildman–Crippen LogP) is 3.64. The van der Waals surface area contributed by atoms with Crippen LogP contribution in [0.1, 0.15) is 43.7 Å². The Morgan fingerprint density at radius 2 is 1.94 bits per heavy atom. The number of benzene rings is 1. The van der Waals surface area contributed by atoms with Gasteiger partial charge in [-0.25, -0.2) is 9.97 Å². The Bertz CT molecular complexity index is 1180. The molecule has 1 fully saturated rings. The van der Waals surface area contributed by atoms with E-state index in [1.807, 2.05) is 58.9 Å². The fourth-order valence-electron chi connectivity index (χ4n) is 4.57. The van der Waals surface area contributed by atoms with Crippen molar-refractivity contribution >= 4 is 5.82 Å². The first-order valence-electron chi connectivity index (χ1n) is 12.4. The van der Waals surface area contributed by atoms with Crippen molar-refractivity contribution in [3.05, 3.63) is 41.3 Å². The van der Waals surface area contributed by atoms with Crippen molar-refractivity contribution in [3.63, 3.8) is 0 Å². The van der Waals surface area contributed by atoms with Crippen molar-refractivity contribution in [2.75, 3.05) is 25.5 Å². The maximum absolute atomic E-state index is 10.3. The van der Waals surface area contributed by atoms with Gasteiger partial charge in [0.1, 0.15) is 30.0 Å². The van der Waals surface area contributed by atoms with Crippen LogP contribution in [0.5, 0.6) is 5.75 Å². The summed E-state index contributed by atoms with van der Waals surface area (Å²) in [5.41, 5.74) is 3.44. The second kappa shape index (κ2) is 10.5. The first kappa shape index (κ1) is 26.1. The highest BCUT2D eigenvalue weighted by molar-refractivity contribution is 5.74. The van der Waals surface area contributed by atoms with Gasteiger partial charge in [0, 0.05) is 23.7 Å². The van der Waals surface area contributed by atoms with Crippen LogP contribution in [0.25, 0.3) is 22.6 Å². The second-order valence-electron chi connectivity index (χ2n) is 10.3. The first-order valence-corrected chi connectivity index (χ1v) is 12.4. The van der Waals surface area contributed by atoms with Gasteiger partial charge in [0.05, 0.1) is 22.6 Å². The van der Waals surface area contributed by atoms with E-state index in [1.54, 1.807) is 7.05 Å². The molecule has 1 aliphatic rings. The Hall–Kier alpha value is -3.01. The van der Waals surface area contributed by atoms with Gasteiger partial charge in [0.15, 0.2) is 5.82 Å². The molecule has 0 aliphatic heterocycles. The normalized spacial score (nSPS) is 18.6. The van der Waals surface area contributed by atoms with Crippen LogP contribution in [0.2, 0.25) is 0 Å². The van der Waals surface area contributed by atoms with Crippen LogP contribution in [-0.2, 0) is 0 Å². The highest BCUT2D eigenvalue weighted by Gasteiger charge is 2.39. The van der Waals surface area contributed by atoms with E-state index in [4.69, 9.17) is 19.2 Å². The third kappa shape index (κ3) is 5.69. The minimum absolute atomic E-state index is 0.181. The molecule has 1 aliphatic carbocycles. The number of aryl methyl sites for hydroxylation is 2. The molecule has 0 spiro atoms. The van der Waals surface area contributed by atoms with Crippen molar-refractivity contribution < 1.29 is 19.5 Å². The summed E-state index contributed by atoms with van der Waals surface area (Å²) in [5.74, 6) is 2.90. The number of hydrogen-bond donors (Lipinski definition) is 4. The monoisotopic (exact) mass is 495 g/mol. The Morgan fingerprint density at radius 1 is 1.19 bits per heavy atom. The molecule has 4 rings (SSSR count). The van der Waals surface area contributed by atoms with E-state index in [1.165, 1.54) is 0 Å². The van der Waals surface area contributed by atoms with Crippen LogP contribution in [0.3, 0.4) is 0 Å². The minimum Gasteiger partial charge on any atom is -0.491 e. The lowest BCUT2D eigenvalue weighted by Crippen LogP contribution is -2.46. The molecule has 0 saturated heterocycles. The lowest BCUT2D eigenvalue weighted by atomic mass is 9.71. The summed E-state index contributed by atoms with van der Waals surface area (Å²) >= 11 is 0. The van der Waals surface area contributed by atoms with E-state index >= 15 is 0 Å². The molecule has 0 radical (unpaired) electrons. The SMILES string of the molecule is CNCC(O)COc1cccc(-c2nc(NC3CC(C(C)(C)O)C3)c(C)c(-c3c(C)noc3C)n2)c1. The zero-order valence-electron chi connectivity index (χ0n) is 21.9. The van der Waals surface area contributed by atoms with Crippen LogP contribution in [0, 0.1) is 26.7 Å². The number of nitrogens with zero attached hydrogens (tertiary/aromatic N) is 3. The maximum Gasteiger partial charge on any atom is 0.162 e. The summed E-state index contributed by atoms with van der Waals surface area (Å²) in [5, 5.41) is 31.0. The molecule has 0 amide bonds. The van der Waals surface area contributed by atoms with E-state index < -0.39 is 11.7 Å². The smallest absolute Gasteiger partial charge is 0.162 e. The first-order chi connectivity index (χ1) is 17.1. The summed E-state index contributed by atoms with van der Waals surface area (Å²) in [6, 6.07) is 7.79. The standard InChI is InChI=1S/C27H37N5O4/c1-15-24(23-16(2)32-36-17(23)3)30-26(31-25(15)29-20-11-19(12-20)27(4,5)34)18-8-7-9-22(10-18)35-14-21(33)13-28-6/h7-10,19-21,28,33-34H,11-14H2,1-6H3,(H,29,30,31). The van der Waals surface area contributed by atoms with Gasteiger partial charge >= 0.3 is 0 Å². The number of rotatable bonds is 10. The van der Waals surface area contributed by atoms with E-state index in [0.717, 1.165) is 46.7 Å². The number of hydrogen-bond acceptors (Lipinski definition) is 9. The van der Waals surface area contributed by atoms with Gasteiger partial charge < -0.3 is 30.1 Å². The summed E-state index contributed by atoms with van der Waals surface area (Å²) in [6.07, 6.45) is 1.15. The Morgan fingerprint density at radius 3 is 2.58 bits per heavy atom. The van der Waals surface area contributed by atoms with Gasteiger partial charge in [-0.05, 0) is 72.6 Å². The molecule has 9 nitrogen and oxygen atoms in total. The van der Waals surface area contributed by atoms with Crippen molar-refractivity contribution in [2.24, 2.45) is 5.92 Å². The van der Waals surface area contributed by atoms with E-state index in [9.17, 15) is 10.2 Å². The molecular weight excluding hydrogens is 458 g/mol. The number of aromatic nitrogens is 3. The molecule has 1 saturated carbocycles. The van der Waals surface area contributed by atoms with Crippen LogP contribution >= 0.6 is 0 Å². The van der Waals surface area contributed by atoms with E-state index in [0.29, 0.717) is 23.9 Å². The topological polar surface area (TPSA) is 126 Å². The molecule has 1 aromatic carbocycles. The second-order valence-corrected chi connectivity index (χ2v) is 10.3. The molecule has 9 heteroatoms. The Balaban J connectivity index is 1.67. The molecule has 1 atom stereocenters. The lowest BCUT2D eigenvalue weighted by Gasteiger charge is -2.43. The fraction of sp³-hybridized carbons (Fsp3) is 0.519. The fourth-order valence-corrected chi connectivity index (χ4v) is 4.57. The van der Waals surface area contributed by atoms with Crippen LogP contribution in [0.15, 0.2) is 28.8 Å². The molecule has 36 heavy (non-hydrogen) atoms. The molecule has 0 bridgehead atoms. The van der Waals surface area contributed by atoms with Gasteiger partial charge in [0.25, 0.3) is 0 Å². The molecule has 2 heterocycles. The highest BCUT2D eigenvalue weighted by Crippen LogP contribution is 2.39. The van der Waals surface area contributed by atoms with Crippen LogP contribution in [0.4, 0.5) is 5.82 Å². The molecule has 194 valence electrons. The zero-order chi connectivity index (χ0) is 26.0. The maximum atomic E-state index is 10.3. The summed E-state index contributed by atoms with van der Waals surface area (Å²) < 4.78 is 11.2. The van der Waals surface area contributed by atoms with Gasteiger partial charge in [0.2, 0.25) is 0 Å². The largest absolute Gasteiger partial charge is 0.491 e. The number of aliphatic hydroxyl groups is 2. The van der Waals surface area contributed by atoms with Crippen molar-refractivity contribution in [3.8, 4) is 28.4 Å². The van der Waals surface area contributed by atoms with E-state index in [2.05, 4.69) is 15.8 Å². The minimum atomic E-state index is -0.687. The third-order valence-corrected chi connectivity index (χ3v) is 6.87. The quantitative estimate of drug-likeness (QED) is 0.333. The molecule has 4 N–H and O–H groups in total. The van der Waals surface area contributed by atoms with Crippen molar-refractivity contribution in [1.82, 2.24) is 20.4 Å². The Kier molecular flexibility index (Phi) is 7.63. The number of ether oxygens (including phenoxy) is 1. The van der Waals surface area contributed by atoms with Crippen molar-refractivity contribution in [2.45, 2.75) is 65.2 Å². The van der Waals surface area contributed by atoms with Gasteiger partial charge in [-0.1, -0.05) is 17.3 Å². The van der Waals surface area contributed by atoms with Gasteiger partial charge in [-0.3, -0.25) is 0 Å². The molecule has 3 aromatic rings. The summed E-state index contributed by atoms with van der Waals surface area (Å²) in [7, 11) is 1.79. The number of aliphatic hydroxyl groups excluding tert-OH is 1. The third-order valence-electron chi connectivity index (χ3n) is 6.87. The number of likely N-dealkylation sites (N-methyl/N-ethyl adjacent to an activating group) is 1. The summed E-state index contributed by atoms with van der Waals surface area (Å²) in [6.45, 7) is 10.2. The number of nitrogens with one attached hydrogen (secondary N) is 2.